The van der Waals surface area contributed by atoms with Crippen molar-refractivity contribution in [3.8, 4) is 0 Å². The number of carbonyl (C=O) groups excluding carboxylic acids is 1. The molecule has 0 aliphatic heterocycles. The molecule has 3 aromatic carbocycles. The summed E-state index contributed by atoms with van der Waals surface area (Å²) in [5.74, 6) is -2.74. The fraction of sp³-hybridized carbons (Fsp3) is 0.310. The molecule has 1 saturated carbocycles. The summed E-state index contributed by atoms with van der Waals surface area (Å²) in [6.07, 6.45) is -3.50. The van der Waals surface area contributed by atoms with Crippen LogP contribution in [0.25, 0.3) is 0 Å². The van der Waals surface area contributed by atoms with Gasteiger partial charge in [0.05, 0.1) is 10.3 Å². The summed E-state index contributed by atoms with van der Waals surface area (Å²) in [5, 5.41) is 10.2. The first-order chi connectivity index (χ1) is 18.5. The van der Waals surface area contributed by atoms with Crippen molar-refractivity contribution in [1.82, 2.24) is 5.32 Å². The third-order valence-corrected chi connectivity index (χ3v) is 7.84. The van der Waals surface area contributed by atoms with Crippen LogP contribution in [0.4, 0.5) is 18.9 Å². The van der Waals surface area contributed by atoms with Gasteiger partial charge in [-0.3, -0.25) is 9.52 Å². The van der Waals surface area contributed by atoms with Crippen LogP contribution in [0.1, 0.15) is 50.3 Å². The molecule has 40 heavy (non-hydrogen) atoms. The quantitative estimate of drug-likeness (QED) is 0.331. The van der Waals surface area contributed by atoms with E-state index in [0.717, 1.165) is 29.5 Å². The monoisotopic (exact) mass is 576 g/mol. The molecule has 0 bridgehead atoms. The zero-order valence-corrected chi connectivity index (χ0v) is 23.1. The number of hydrogen-bond acceptors (Lipinski definition) is 4. The number of nitrogens with one attached hydrogen (secondary N) is 2. The van der Waals surface area contributed by atoms with E-state index in [1.165, 1.54) is 0 Å². The molecule has 7 nitrogen and oxygen atoms in total. The molecule has 3 aromatic rings. The summed E-state index contributed by atoms with van der Waals surface area (Å²) in [6.45, 7) is 6.76. The van der Waals surface area contributed by atoms with Crippen LogP contribution in [-0.2, 0) is 37.0 Å². The molecule has 1 fully saturated rings. The number of rotatable bonds is 7. The van der Waals surface area contributed by atoms with Crippen molar-refractivity contribution in [2.45, 2.75) is 62.1 Å². The number of aliphatic carboxylic acids is 1. The van der Waals surface area contributed by atoms with Crippen molar-refractivity contribution in [3.05, 3.63) is 95.6 Å². The van der Waals surface area contributed by atoms with Crippen LogP contribution in [0.15, 0.2) is 83.8 Å². The number of carbonyl (C=O) groups is 2. The number of benzene rings is 3. The van der Waals surface area contributed by atoms with Gasteiger partial charge in [0.1, 0.15) is 0 Å². The maximum Gasteiger partial charge on any atom is 0.490 e. The van der Waals surface area contributed by atoms with Crippen molar-refractivity contribution in [2.75, 3.05) is 4.72 Å². The van der Waals surface area contributed by atoms with Crippen molar-refractivity contribution in [3.63, 3.8) is 0 Å². The maximum atomic E-state index is 12.9. The summed E-state index contributed by atoms with van der Waals surface area (Å²) in [6, 6.07) is 23.9. The third-order valence-electron chi connectivity index (χ3n) is 6.44. The molecule has 0 saturated heterocycles. The van der Waals surface area contributed by atoms with Crippen LogP contribution in [0.5, 0.6) is 0 Å². The second-order valence-electron chi connectivity index (χ2n) is 10.5. The molecule has 1 aliphatic rings. The fourth-order valence-electron chi connectivity index (χ4n) is 3.92. The standard InChI is InChI=1S/C27H30N2O3S.C2HF3O2/c1-26(2,3)21-11-15-24(16-12-21)33(31,32)29-23-13-9-22(10-14-23)27(17-18-27)25(30)28-19-20-7-5-4-6-8-20;3-2(4,5)1(6)7/h4-16,29H,17-19H2,1-3H3,(H,28,30);(H,6,7). The summed E-state index contributed by atoms with van der Waals surface area (Å²) in [4.78, 5) is 22.0. The van der Waals surface area contributed by atoms with Gasteiger partial charge >= 0.3 is 12.1 Å². The number of sulfonamides is 1. The first kappa shape index (κ1) is 30.7. The topological polar surface area (TPSA) is 113 Å². The number of amides is 1. The largest absolute Gasteiger partial charge is 0.490 e. The number of halogens is 3. The van der Waals surface area contributed by atoms with Gasteiger partial charge in [0.2, 0.25) is 5.91 Å². The van der Waals surface area contributed by atoms with Crippen LogP contribution < -0.4 is 10.0 Å². The van der Waals surface area contributed by atoms with E-state index in [-0.39, 0.29) is 16.2 Å². The molecule has 3 N–H and O–H groups in total. The molecular weight excluding hydrogens is 545 g/mol. The smallest absolute Gasteiger partial charge is 0.475 e. The minimum atomic E-state index is -5.08. The van der Waals surface area contributed by atoms with E-state index in [2.05, 4.69) is 30.8 Å². The van der Waals surface area contributed by atoms with E-state index in [1.807, 2.05) is 54.6 Å². The number of hydrogen-bond donors (Lipinski definition) is 3. The van der Waals surface area contributed by atoms with Gasteiger partial charge in [-0.05, 0) is 59.2 Å². The summed E-state index contributed by atoms with van der Waals surface area (Å²) in [7, 11) is -3.69. The highest BCUT2D eigenvalue weighted by molar-refractivity contribution is 7.92. The molecule has 214 valence electrons. The normalized spacial score (nSPS) is 14.3. The Hall–Kier alpha value is -3.86. The molecule has 1 amide bonds. The predicted molar refractivity (Wildman–Crippen MR) is 145 cm³/mol. The van der Waals surface area contributed by atoms with Crippen LogP contribution in [-0.4, -0.2) is 31.6 Å². The van der Waals surface area contributed by atoms with Crippen LogP contribution in [0.3, 0.4) is 0 Å². The lowest BCUT2D eigenvalue weighted by atomic mass is 9.87. The van der Waals surface area contributed by atoms with Gasteiger partial charge in [-0.1, -0.05) is 75.4 Å². The van der Waals surface area contributed by atoms with Gasteiger partial charge in [-0.15, -0.1) is 0 Å². The first-order valence-corrected chi connectivity index (χ1v) is 13.9. The predicted octanol–water partition coefficient (Wildman–Crippen LogP) is 5.77. The average molecular weight is 577 g/mol. The van der Waals surface area contributed by atoms with Crippen LogP contribution in [0, 0.1) is 0 Å². The molecule has 4 rings (SSSR count). The molecule has 0 atom stereocenters. The molecular formula is C29H31F3N2O5S. The lowest BCUT2D eigenvalue weighted by Crippen LogP contribution is -2.34. The Labute approximate surface area is 231 Å². The lowest BCUT2D eigenvalue weighted by Gasteiger charge is -2.19. The van der Waals surface area contributed by atoms with E-state index >= 15 is 0 Å². The van der Waals surface area contributed by atoms with E-state index in [9.17, 15) is 26.4 Å². The molecule has 0 radical (unpaired) electrons. The Bertz CT molecular complexity index is 1430. The van der Waals surface area contributed by atoms with Crippen molar-refractivity contribution in [1.29, 1.82) is 0 Å². The van der Waals surface area contributed by atoms with Crippen molar-refractivity contribution >= 4 is 27.6 Å². The van der Waals surface area contributed by atoms with Gasteiger partial charge in [0.25, 0.3) is 10.0 Å². The molecule has 0 unspecified atom stereocenters. The second-order valence-corrected chi connectivity index (χ2v) is 12.2. The van der Waals surface area contributed by atoms with Gasteiger partial charge in [-0.25, -0.2) is 13.2 Å². The van der Waals surface area contributed by atoms with Gasteiger partial charge in [0.15, 0.2) is 0 Å². The zero-order chi connectivity index (χ0) is 29.8. The molecule has 0 heterocycles. The van der Waals surface area contributed by atoms with Gasteiger partial charge in [0, 0.05) is 12.2 Å². The Morgan fingerprint density at radius 2 is 1.40 bits per heavy atom. The van der Waals surface area contributed by atoms with Crippen LogP contribution in [0.2, 0.25) is 0 Å². The van der Waals surface area contributed by atoms with E-state index < -0.39 is 27.6 Å². The number of carboxylic acids is 1. The first-order valence-electron chi connectivity index (χ1n) is 12.4. The van der Waals surface area contributed by atoms with Crippen LogP contribution >= 0.6 is 0 Å². The third kappa shape index (κ3) is 7.84. The summed E-state index contributed by atoms with van der Waals surface area (Å²) in [5.41, 5.74) is 2.95. The van der Waals surface area contributed by atoms with E-state index in [0.29, 0.717) is 12.2 Å². The maximum absolute atomic E-state index is 12.9. The molecule has 0 aromatic heterocycles. The van der Waals surface area contributed by atoms with Crippen molar-refractivity contribution in [2.24, 2.45) is 0 Å². The Morgan fingerprint density at radius 1 is 0.875 bits per heavy atom. The Morgan fingerprint density at radius 3 is 1.85 bits per heavy atom. The second kappa shape index (κ2) is 11.7. The molecule has 1 aliphatic carbocycles. The SMILES string of the molecule is CC(C)(C)c1ccc(S(=O)(=O)Nc2ccc(C3(C(=O)NCc4ccccc4)CC3)cc2)cc1.O=C(O)C(F)(F)F. The number of carboxylic acid groups (broad SMARTS) is 1. The van der Waals surface area contributed by atoms with Gasteiger partial charge in [-0.2, -0.15) is 13.2 Å². The van der Waals surface area contributed by atoms with Gasteiger partial charge < -0.3 is 10.4 Å². The Balaban J connectivity index is 0.000000559. The Kier molecular flexibility index (Phi) is 8.98. The average Bonchev–Trinajstić information content (AvgIpc) is 3.70. The lowest BCUT2D eigenvalue weighted by molar-refractivity contribution is -0.192. The molecule has 0 spiro atoms. The number of alkyl halides is 3. The highest BCUT2D eigenvalue weighted by Crippen LogP contribution is 2.48. The minimum absolute atomic E-state index is 0.0126. The zero-order valence-electron chi connectivity index (χ0n) is 22.2. The number of anilines is 1. The summed E-state index contributed by atoms with van der Waals surface area (Å²) >= 11 is 0. The van der Waals surface area contributed by atoms with E-state index in [1.54, 1.807) is 24.3 Å². The highest BCUT2D eigenvalue weighted by atomic mass is 32.2. The van der Waals surface area contributed by atoms with E-state index in [4.69, 9.17) is 9.90 Å². The van der Waals surface area contributed by atoms with Crippen molar-refractivity contribution < 1.29 is 36.3 Å². The highest BCUT2D eigenvalue weighted by Gasteiger charge is 2.51. The summed E-state index contributed by atoms with van der Waals surface area (Å²) < 4.78 is 60.0. The molecule has 11 heteroatoms. The minimum Gasteiger partial charge on any atom is -0.475 e. The fourth-order valence-corrected chi connectivity index (χ4v) is 4.98.